The fourth-order valence-corrected chi connectivity index (χ4v) is 4.39. The third-order valence-corrected chi connectivity index (χ3v) is 6.84. The molecule has 1 aromatic carbocycles. The number of unbranched alkanes of at least 4 members (excludes halogenated alkanes) is 2. The molecule has 4 N–H and O–H groups in total. The average molecular weight is 509 g/mol. The third kappa shape index (κ3) is 9.08. The lowest BCUT2D eigenvalue weighted by molar-refractivity contribution is -0.145. The van der Waals surface area contributed by atoms with E-state index in [1.54, 1.807) is 31.2 Å². The zero-order chi connectivity index (χ0) is 25.8. The summed E-state index contributed by atoms with van der Waals surface area (Å²) in [7, 11) is -3.61. The maximum atomic E-state index is 12.6. The van der Waals surface area contributed by atoms with Crippen LogP contribution in [0.4, 0.5) is 0 Å². The minimum Gasteiger partial charge on any atom is -0.464 e. The molecule has 0 bridgehead atoms. The summed E-state index contributed by atoms with van der Waals surface area (Å²) in [6.45, 7) is 5.98. The number of nitrogens with zero attached hydrogens (tertiary/aromatic N) is 1. The number of rotatable bonds is 15. The zero-order valence-corrected chi connectivity index (χ0v) is 21.4. The van der Waals surface area contributed by atoms with Crippen LogP contribution in [-0.2, 0) is 19.6 Å². The Balaban J connectivity index is 1.89. The Kier molecular flexibility index (Phi) is 11.4. The second-order valence-electron chi connectivity index (χ2n) is 8.30. The average Bonchev–Trinajstić information content (AvgIpc) is 3.32. The number of esters is 1. The lowest BCUT2D eigenvalue weighted by atomic mass is 10.1. The van der Waals surface area contributed by atoms with Gasteiger partial charge in [-0.2, -0.15) is 0 Å². The van der Waals surface area contributed by atoms with Gasteiger partial charge in [0.05, 0.1) is 17.5 Å². The standard InChI is InChI=1S/C24H36N4O6S/c1-4-6-9-19(25)23-28-21(16-34-23)22(29)27-20(24(30)33-5-2)10-7-8-15-26-35(31,32)18-13-11-17(3)12-14-18/h11-14,16,19-20,26H,4-10,15,25H2,1-3H3,(H,27,29). The summed E-state index contributed by atoms with van der Waals surface area (Å²) >= 11 is 0. The van der Waals surface area contributed by atoms with Crippen molar-refractivity contribution in [3.05, 3.63) is 47.7 Å². The molecule has 0 saturated carbocycles. The minimum atomic E-state index is -3.61. The molecule has 0 saturated heterocycles. The molecule has 0 radical (unpaired) electrons. The van der Waals surface area contributed by atoms with Crippen molar-refractivity contribution >= 4 is 21.9 Å². The number of sulfonamides is 1. The van der Waals surface area contributed by atoms with E-state index in [2.05, 4.69) is 21.9 Å². The van der Waals surface area contributed by atoms with Crippen LogP contribution in [0.5, 0.6) is 0 Å². The number of nitrogens with one attached hydrogen (secondary N) is 2. The van der Waals surface area contributed by atoms with E-state index in [-0.39, 0.29) is 36.1 Å². The van der Waals surface area contributed by atoms with E-state index in [0.717, 1.165) is 18.4 Å². The lowest BCUT2D eigenvalue weighted by Gasteiger charge is -2.16. The van der Waals surface area contributed by atoms with Crippen molar-refractivity contribution in [3.8, 4) is 0 Å². The van der Waals surface area contributed by atoms with Crippen LogP contribution in [0.1, 0.15) is 80.4 Å². The maximum Gasteiger partial charge on any atom is 0.328 e. The number of oxazole rings is 1. The molecule has 0 aliphatic carbocycles. The Bertz CT molecular complexity index is 1050. The van der Waals surface area contributed by atoms with Crippen LogP contribution in [0, 0.1) is 6.92 Å². The summed E-state index contributed by atoms with van der Waals surface area (Å²) in [6.07, 6.45) is 5.03. The van der Waals surface area contributed by atoms with E-state index in [1.165, 1.54) is 6.26 Å². The Morgan fingerprint density at radius 3 is 2.49 bits per heavy atom. The number of ether oxygens (including phenoxy) is 1. The summed E-state index contributed by atoms with van der Waals surface area (Å²) < 4.78 is 37.7. The largest absolute Gasteiger partial charge is 0.464 e. The van der Waals surface area contributed by atoms with Gasteiger partial charge in [0.2, 0.25) is 15.9 Å². The molecule has 10 nitrogen and oxygen atoms in total. The molecule has 0 spiro atoms. The van der Waals surface area contributed by atoms with Crippen molar-refractivity contribution in [2.75, 3.05) is 13.2 Å². The quantitative estimate of drug-likeness (QED) is 0.245. The normalized spacial score (nSPS) is 13.3. The van der Waals surface area contributed by atoms with Gasteiger partial charge in [-0.15, -0.1) is 0 Å². The Hall–Kier alpha value is -2.76. The highest BCUT2D eigenvalue weighted by molar-refractivity contribution is 7.89. The van der Waals surface area contributed by atoms with Gasteiger partial charge in [0, 0.05) is 6.54 Å². The predicted octanol–water partition coefficient (Wildman–Crippen LogP) is 2.98. The number of aromatic nitrogens is 1. The highest BCUT2D eigenvalue weighted by Gasteiger charge is 2.25. The van der Waals surface area contributed by atoms with E-state index in [9.17, 15) is 18.0 Å². The smallest absolute Gasteiger partial charge is 0.328 e. The number of hydrogen-bond donors (Lipinski definition) is 3. The van der Waals surface area contributed by atoms with E-state index < -0.39 is 34.0 Å². The Morgan fingerprint density at radius 1 is 1.11 bits per heavy atom. The molecular formula is C24H36N4O6S. The maximum absolute atomic E-state index is 12.6. The second-order valence-corrected chi connectivity index (χ2v) is 10.1. The molecule has 2 aromatic rings. The number of benzene rings is 1. The van der Waals surface area contributed by atoms with E-state index in [1.807, 2.05) is 6.92 Å². The van der Waals surface area contributed by atoms with Gasteiger partial charge in [-0.1, -0.05) is 37.5 Å². The summed E-state index contributed by atoms with van der Waals surface area (Å²) in [5.74, 6) is -0.859. The van der Waals surface area contributed by atoms with E-state index in [0.29, 0.717) is 19.3 Å². The molecule has 194 valence electrons. The Morgan fingerprint density at radius 2 is 1.83 bits per heavy atom. The highest BCUT2D eigenvalue weighted by atomic mass is 32.2. The van der Waals surface area contributed by atoms with Gasteiger partial charge in [-0.3, -0.25) is 4.79 Å². The first kappa shape index (κ1) is 28.5. The highest BCUT2D eigenvalue weighted by Crippen LogP contribution is 2.16. The van der Waals surface area contributed by atoms with Crippen LogP contribution < -0.4 is 15.8 Å². The van der Waals surface area contributed by atoms with Crippen LogP contribution in [-0.4, -0.2) is 44.5 Å². The van der Waals surface area contributed by atoms with Crippen molar-refractivity contribution in [1.29, 1.82) is 0 Å². The molecule has 0 fully saturated rings. The molecule has 2 atom stereocenters. The second kappa shape index (κ2) is 14.0. The van der Waals surface area contributed by atoms with Crippen LogP contribution in [0.15, 0.2) is 39.8 Å². The van der Waals surface area contributed by atoms with Crippen molar-refractivity contribution in [1.82, 2.24) is 15.0 Å². The van der Waals surface area contributed by atoms with Crippen LogP contribution in [0.25, 0.3) is 0 Å². The van der Waals surface area contributed by atoms with Gasteiger partial charge in [0.1, 0.15) is 12.3 Å². The van der Waals surface area contributed by atoms with Gasteiger partial charge in [0.15, 0.2) is 5.69 Å². The van der Waals surface area contributed by atoms with Crippen molar-refractivity contribution in [2.45, 2.75) is 76.3 Å². The van der Waals surface area contributed by atoms with Gasteiger partial charge in [0.25, 0.3) is 5.91 Å². The molecule has 1 heterocycles. The molecule has 0 aliphatic rings. The number of carbonyl (C=O) groups is 2. The minimum absolute atomic E-state index is 0.0344. The molecule has 2 unspecified atom stereocenters. The van der Waals surface area contributed by atoms with Crippen molar-refractivity contribution in [3.63, 3.8) is 0 Å². The first-order chi connectivity index (χ1) is 16.7. The predicted molar refractivity (Wildman–Crippen MR) is 131 cm³/mol. The van der Waals surface area contributed by atoms with Crippen LogP contribution in [0.3, 0.4) is 0 Å². The molecule has 2 rings (SSSR count). The molecule has 1 aromatic heterocycles. The summed E-state index contributed by atoms with van der Waals surface area (Å²) in [4.78, 5) is 29.4. The summed E-state index contributed by atoms with van der Waals surface area (Å²) in [6, 6.07) is 5.27. The summed E-state index contributed by atoms with van der Waals surface area (Å²) in [5, 5.41) is 2.64. The number of amides is 1. The van der Waals surface area contributed by atoms with Gasteiger partial charge >= 0.3 is 5.97 Å². The SMILES string of the molecule is CCCCC(N)c1nc(C(=O)NC(CCCCNS(=O)(=O)c2ccc(C)cc2)C(=O)OCC)co1. The van der Waals surface area contributed by atoms with Crippen LogP contribution in [0.2, 0.25) is 0 Å². The number of nitrogens with two attached hydrogens (primary N) is 1. The number of aryl methyl sites for hydroxylation is 1. The fourth-order valence-electron chi connectivity index (χ4n) is 3.31. The number of hydrogen-bond acceptors (Lipinski definition) is 8. The number of carbonyl (C=O) groups excluding carboxylic acids is 2. The fraction of sp³-hybridized carbons (Fsp3) is 0.542. The topological polar surface area (TPSA) is 154 Å². The zero-order valence-electron chi connectivity index (χ0n) is 20.6. The molecule has 1 amide bonds. The first-order valence-electron chi connectivity index (χ1n) is 11.9. The van der Waals surface area contributed by atoms with Crippen molar-refractivity contribution in [2.24, 2.45) is 5.73 Å². The van der Waals surface area contributed by atoms with Crippen LogP contribution >= 0.6 is 0 Å². The van der Waals surface area contributed by atoms with Crippen molar-refractivity contribution < 1.29 is 27.2 Å². The van der Waals surface area contributed by atoms with E-state index >= 15 is 0 Å². The monoisotopic (exact) mass is 508 g/mol. The first-order valence-corrected chi connectivity index (χ1v) is 13.4. The van der Waals surface area contributed by atoms with Gasteiger partial charge in [-0.25, -0.2) is 22.9 Å². The molecule has 0 aliphatic heterocycles. The van der Waals surface area contributed by atoms with Gasteiger partial charge in [-0.05, 0) is 51.7 Å². The molecule has 11 heteroatoms. The summed E-state index contributed by atoms with van der Waals surface area (Å²) in [5.41, 5.74) is 7.05. The lowest BCUT2D eigenvalue weighted by Crippen LogP contribution is -2.42. The van der Waals surface area contributed by atoms with E-state index in [4.69, 9.17) is 14.9 Å². The van der Waals surface area contributed by atoms with Gasteiger partial charge < -0.3 is 20.2 Å². The Labute approximate surface area is 207 Å². The molecule has 35 heavy (non-hydrogen) atoms. The molecular weight excluding hydrogens is 472 g/mol. The third-order valence-electron chi connectivity index (χ3n) is 5.36.